The number of hydrogen-bond donors (Lipinski definition) is 0. The van der Waals surface area contributed by atoms with Gasteiger partial charge in [-0.15, -0.1) is 11.3 Å². The van der Waals surface area contributed by atoms with Gasteiger partial charge in [-0.1, -0.05) is 49.3 Å². The first-order valence-electron chi connectivity index (χ1n) is 9.22. The molecule has 0 spiro atoms. The second-order valence-corrected chi connectivity index (χ2v) is 8.56. The molecule has 0 atom stereocenters. The zero-order chi connectivity index (χ0) is 20.1. The Bertz CT molecular complexity index is 1030. The maximum Gasteiger partial charge on any atom is 0.276 e. The van der Waals surface area contributed by atoms with E-state index in [1.54, 1.807) is 12.1 Å². The highest BCUT2D eigenvalue weighted by molar-refractivity contribution is 7.99. The molecular formula is C20H22ClN3O2S2. The number of fused-ring (bicyclic) bond motifs is 1. The third-order valence-electron chi connectivity index (χ3n) is 4.21. The molecule has 0 bridgehead atoms. The molecule has 0 aliphatic heterocycles. The summed E-state index contributed by atoms with van der Waals surface area (Å²) in [5.74, 6) is 0.283. The van der Waals surface area contributed by atoms with Crippen LogP contribution in [0, 0.1) is 0 Å². The SMILES string of the molecule is CCCN(CCC)C(=O)CSc1nc2ccsc2c(=O)n1-c1ccccc1Cl. The van der Waals surface area contributed by atoms with E-state index in [4.69, 9.17) is 11.6 Å². The van der Waals surface area contributed by atoms with E-state index in [0.29, 0.717) is 26.1 Å². The Hall–Kier alpha value is -1.83. The number of aromatic nitrogens is 2. The number of para-hydroxylation sites is 1. The van der Waals surface area contributed by atoms with Gasteiger partial charge in [0.15, 0.2) is 5.16 Å². The predicted molar refractivity (Wildman–Crippen MR) is 118 cm³/mol. The van der Waals surface area contributed by atoms with Crippen molar-refractivity contribution < 1.29 is 4.79 Å². The van der Waals surface area contributed by atoms with Crippen molar-refractivity contribution in [2.45, 2.75) is 31.8 Å². The summed E-state index contributed by atoms with van der Waals surface area (Å²) >= 11 is 8.99. The van der Waals surface area contributed by atoms with Crippen LogP contribution < -0.4 is 5.56 Å². The molecule has 0 N–H and O–H groups in total. The molecule has 1 aromatic carbocycles. The van der Waals surface area contributed by atoms with Gasteiger partial charge < -0.3 is 4.90 Å². The van der Waals surface area contributed by atoms with E-state index in [0.717, 1.165) is 25.9 Å². The van der Waals surface area contributed by atoms with Gasteiger partial charge in [-0.25, -0.2) is 4.98 Å². The lowest BCUT2D eigenvalue weighted by molar-refractivity contribution is -0.128. The van der Waals surface area contributed by atoms with Crippen LogP contribution in [0.1, 0.15) is 26.7 Å². The van der Waals surface area contributed by atoms with Crippen LogP contribution in [0.5, 0.6) is 0 Å². The molecule has 1 amide bonds. The Balaban J connectivity index is 1.98. The van der Waals surface area contributed by atoms with Crippen molar-refractivity contribution in [3.05, 3.63) is 51.1 Å². The Labute approximate surface area is 177 Å². The number of carbonyl (C=O) groups excluding carboxylic acids is 1. The normalized spacial score (nSPS) is 11.1. The van der Waals surface area contributed by atoms with E-state index in [-0.39, 0.29) is 17.2 Å². The van der Waals surface area contributed by atoms with Gasteiger partial charge in [0.05, 0.1) is 22.0 Å². The van der Waals surface area contributed by atoms with Crippen molar-refractivity contribution in [1.82, 2.24) is 14.5 Å². The number of rotatable bonds is 8. The molecule has 0 unspecified atom stereocenters. The average molecular weight is 436 g/mol. The summed E-state index contributed by atoms with van der Waals surface area (Å²) in [6, 6.07) is 9.00. The number of thioether (sulfide) groups is 1. The highest BCUT2D eigenvalue weighted by Crippen LogP contribution is 2.27. The van der Waals surface area contributed by atoms with E-state index in [9.17, 15) is 9.59 Å². The lowest BCUT2D eigenvalue weighted by Gasteiger charge is -2.21. The standard InChI is InChI=1S/C20H22ClN3O2S2/c1-3-10-23(11-4-2)17(25)13-28-20-22-15-9-12-27-18(15)19(26)24(20)16-8-6-5-7-14(16)21/h5-9,12H,3-4,10-11,13H2,1-2H3. The van der Waals surface area contributed by atoms with Crippen LogP contribution in [0.25, 0.3) is 15.9 Å². The fraction of sp³-hybridized carbons (Fsp3) is 0.350. The van der Waals surface area contributed by atoms with Crippen LogP contribution >= 0.6 is 34.7 Å². The lowest BCUT2D eigenvalue weighted by atomic mass is 10.3. The van der Waals surface area contributed by atoms with Gasteiger partial charge in [0, 0.05) is 13.1 Å². The molecule has 0 aliphatic carbocycles. The Morgan fingerprint density at radius 3 is 2.61 bits per heavy atom. The van der Waals surface area contributed by atoms with Crippen LogP contribution in [0.15, 0.2) is 45.7 Å². The second kappa shape index (κ2) is 9.58. The number of hydrogen-bond acceptors (Lipinski definition) is 5. The average Bonchev–Trinajstić information content (AvgIpc) is 3.16. The number of thiophene rings is 1. The maximum absolute atomic E-state index is 13.1. The first kappa shape index (κ1) is 20.9. The minimum Gasteiger partial charge on any atom is -0.342 e. The van der Waals surface area contributed by atoms with Gasteiger partial charge in [0.2, 0.25) is 5.91 Å². The highest BCUT2D eigenvalue weighted by atomic mass is 35.5. The van der Waals surface area contributed by atoms with Crippen molar-refractivity contribution in [2.24, 2.45) is 0 Å². The Morgan fingerprint density at radius 2 is 1.93 bits per heavy atom. The van der Waals surface area contributed by atoms with Gasteiger partial charge >= 0.3 is 0 Å². The van der Waals surface area contributed by atoms with Gasteiger partial charge in [-0.3, -0.25) is 14.2 Å². The van der Waals surface area contributed by atoms with Gasteiger partial charge in [-0.05, 0) is 36.4 Å². The number of nitrogens with zero attached hydrogens (tertiary/aromatic N) is 3. The van der Waals surface area contributed by atoms with E-state index < -0.39 is 0 Å². The lowest BCUT2D eigenvalue weighted by Crippen LogP contribution is -2.34. The van der Waals surface area contributed by atoms with Crippen LogP contribution in [0.2, 0.25) is 5.02 Å². The molecule has 2 aromatic heterocycles. The van der Waals surface area contributed by atoms with Crippen LogP contribution in [0.4, 0.5) is 0 Å². The van der Waals surface area contributed by atoms with Crippen molar-refractivity contribution in [1.29, 1.82) is 0 Å². The fourth-order valence-corrected chi connectivity index (χ4v) is 4.84. The Kier molecular flexibility index (Phi) is 7.15. The van der Waals surface area contributed by atoms with Crippen LogP contribution in [-0.2, 0) is 4.79 Å². The number of halogens is 1. The smallest absolute Gasteiger partial charge is 0.276 e. The predicted octanol–water partition coefficient (Wildman–Crippen LogP) is 4.84. The summed E-state index contributed by atoms with van der Waals surface area (Å²) in [5, 5.41) is 2.79. The van der Waals surface area contributed by atoms with E-state index in [2.05, 4.69) is 18.8 Å². The summed E-state index contributed by atoms with van der Waals surface area (Å²) in [5.41, 5.74) is 1.06. The van der Waals surface area contributed by atoms with Gasteiger partial charge in [0.1, 0.15) is 4.70 Å². The minimum atomic E-state index is -0.165. The summed E-state index contributed by atoms with van der Waals surface area (Å²) in [7, 11) is 0. The summed E-state index contributed by atoms with van der Waals surface area (Å²) < 4.78 is 2.09. The molecule has 0 radical (unpaired) electrons. The molecule has 3 rings (SSSR count). The molecule has 8 heteroatoms. The fourth-order valence-electron chi connectivity index (χ4n) is 2.95. The molecule has 0 saturated carbocycles. The molecule has 0 aliphatic rings. The number of benzene rings is 1. The van der Waals surface area contributed by atoms with E-state index in [1.807, 2.05) is 28.5 Å². The number of carbonyl (C=O) groups is 1. The topological polar surface area (TPSA) is 55.2 Å². The maximum atomic E-state index is 13.1. The largest absolute Gasteiger partial charge is 0.342 e. The molecule has 0 saturated heterocycles. The third kappa shape index (κ3) is 4.42. The zero-order valence-corrected chi connectivity index (χ0v) is 18.2. The van der Waals surface area contributed by atoms with E-state index in [1.165, 1.54) is 27.7 Å². The number of amides is 1. The van der Waals surface area contributed by atoms with E-state index >= 15 is 0 Å². The molecule has 2 heterocycles. The van der Waals surface area contributed by atoms with Crippen molar-refractivity contribution in [3.63, 3.8) is 0 Å². The van der Waals surface area contributed by atoms with Crippen molar-refractivity contribution >= 4 is 50.8 Å². The van der Waals surface area contributed by atoms with Gasteiger partial charge in [0.25, 0.3) is 5.56 Å². The first-order chi connectivity index (χ1) is 13.6. The highest BCUT2D eigenvalue weighted by Gasteiger charge is 2.19. The quantitative estimate of drug-likeness (QED) is 0.375. The Morgan fingerprint density at radius 1 is 1.21 bits per heavy atom. The molecular weight excluding hydrogens is 414 g/mol. The minimum absolute atomic E-state index is 0.0547. The summed E-state index contributed by atoms with van der Waals surface area (Å²) in [6.45, 7) is 5.59. The molecule has 3 aromatic rings. The third-order valence-corrected chi connectivity index (χ3v) is 6.34. The van der Waals surface area contributed by atoms with Crippen LogP contribution in [0.3, 0.4) is 0 Å². The first-order valence-corrected chi connectivity index (χ1v) is 11.5. The summed E-state index contributed by atoms with van der Waals surface area (Å²) in [4.78, 5) is 32.3. The molecule has 0 fully saturated rings. The second-order valence-electron chi connectivity index (χ2n) is 6.29. The molecule has 5 nitrogen and oxygen atoms in total. The van der Waals surface area contributed by atoms with Crippen molar-refractivity contribution in [3.8, 4) is 5.69 Å². The van der Waals surface area contributed by atoms with Crippen LogP contribution in [-0.4, -0.2) is 39.2 Å². The summed E-state index contributed by atoms with van der Waals surface area (Å²) in [6.07, 6.45) is 1.83. The van der Waals surface area contributed by atoms with Gasteiger partial charge in [-0.2, -0.15) is 0 Å². The zero-order valence-electron chi connectivity index (χ0n) is 15.9. The van der Waals surface area contributed by atoms with Crippen molar-refractivity contribution in [2.75, 3.05) is 18.8 Å². The molecule has 28 heavy (non-hydrogen) atoms. The monoisotopic (exact) mass is 435 g/mol. The molecule has 148 valence electrons.